The third-order valence-corrected chi connectivity index (χ3v) is 4.39. The summed E-state index contributed by atoms with van der Waals surface area (Å²) >= 11 is 12.0. The van der Waals surface area contributed by atoms with Crippen LogP contribution >= 0.6 is 23.2 Å². The molecule has 8 heteroatoms. The average molecular weight is 396 g/mol. The minimum Gasteiger partial charge on any atom is -0.322 e. The number of amides is 1. The molecule has 26 heavy (non-hydrogen) atoms. The van der Waals surface area contributed by atoms with Crippen molar-refractivity contribution in [2.45, 2.75) is 13.5 Å². The first kappa shape index (κ1) is 18.4. The molecule has 3 aromatic rings. The molecular weight excluding hydrogens is 383 g/mol. The van der Waals surface area contributed by atoms with Crippen molar-refractivity contribution in [1.82, 2.24) is 9.78 Å². The number of nitrogens with zero attached hydrogens (tertiary/aromatic N) is 2. The van der Waals surface area contributed by atoms with Crippen LogP contribution in [0.15, 0.2) is 42.5 Å². The molecule has 0 spiro atoms. The standard InChI is InChI=1S/C18H13Cl2F2N3O/c1-10-16(18(26)23-13-6-7-15(22)14(19)8-13)17(20)25(24-10)9-11-2-4-12(21)5-3-11/h2-8H,9H2,1H3,(H,23,26). The number of rotatable bonds is 4. The van der Waals surface area contributed by atoms with E-state index in [0.29, 0.717) is 11.4 Å². The van der Waals surface area contributed by atoms with Crippen molar-refractivity contribution in [2.24, 2.45) is 0 Å². The summed E-state index contributed by atoms with van der Waals surface area (Å²) in [6, 6.07) is 9.76. The maximum atomic E-state index is 13.2. The van der Waals surface area contributed by atoms with Gasteiger partial charge in [-0.3, -0.25) is 4.79 Å². The molecule has 1 aromatic heterocycles. The van der Waals surface area contributed by atoms with Gasteiger partial charge in [-0.25, -0.2) is 13.5 Å². The van der Waals surface area contributed by atoms with E-state index in [1.807, 2.05) is 0 Å². The number of hydrogen-bond donors (Lipinski definition) is 1. The molecule has 134 valence electrons. The second kappa shape index (κ2) is 7.43. The van der Waals surface area contributed by atoms with Gasteiger partial charge in [0.1, 0.15) is 16.8 Å². The van der Waals surface area contributed by atoms with Gasteiger partial charge in [0, 0.05) is 5.69 Å². The Labute approximate surface area is 158 Å². The molecule has 3 rings (SSSR count). The van der Waals surface area contributed by atoms with Gasteiger partial charge in [-0.05, 0) is 42.8 Å². The number of anilines is 1. The van der Waals surface area contributed by atoms with E-state index in [9.17, 15) is 13.6 Å². The number of carbonyl (C=O) groups is 1. The van der Waals surface area contributed by atoms with Gasteiger partial charge >= 0.3 is 0 Å². The van der Waals surface area contributed by atoms with Crippen molar-refractivity contribution in [3.8, 4) is 0 Å². The zero-order chi connectivity index (χ0) is 18.8. The van der Waals surface area contributed by atoms with Gasteiger partial charge < -0.3 is 5.32 Å². The fourth-order valence-corrected chi connectivity index (χ4v) is 2.95. The van der Waals surface area contributed by atoms with Crippen LogP contribution in [0.25, 0.3) is 0 Å². The minimum absolute atomic E-state index is 0.0994. The number of aromatic nitrogens is 2. The second-order valence-corrected chi connectivity index (χ2v) is 6.38. The predicted octanol–water partition coefficient (Wildman–Crippen LogP) is 5.08. The summed E-state index contributed by atoms with van der Waals surface area (Å²) in [7, 11) is 0. The highest BCUT2D eigenvalue weighted by molar-refractivity contribution is 6.34. The maximum Gasteiger partial charge on any atom is 0.260 e. The Hall–Kier alpha value is -2.44. The van der Waals surface area contributed by atoms with Crippen LogP contribution in [0.5, 0.6) is 0 Å². The maximum absolute atomic E-state index is 13.2. The number of aryl methyl sites for hydroxylation is 1. The Kier molecular flexibility index (Phi) is 5.25. The predicted molar refractivity (Wildman–Crippen MR) is 96.8 cm³/mol. The Morgan fingerprint density at radius 1 is 1.15 bits per heavy atom. The zero-order valence-corrected chi connectivity index (χ0v) is 15.1. The highest BCUT2D eigenvalue weighted by Crippen LogP contribution is 2.24. The van der Waals surface area contributed by atoms with Crippen molar-refractivity contribution >= 4 is 34.8 Å². The Balaban J connectivity index is 1.83. The van der Waals surface area contributed by atoms with E-state index >= 15 is 0 Å². The van der Waals surface area contributed by atoms with Crippen molar-refractivity contribution < 1.29 is 13.6 Å². The third kappa shape index (κ3) is 3.86. The molecule has 0 saturated heterocycles. The van der Waals surface area contributed by atoms with E-state index in [4.69, 9.17) is 23.2 Å². The largest absolute Gasteiger partial charge is 0.322 e. The quantitative estimate of drug-likeness (QED) is 0.669. The number of hydrogen-bond acceptors (Lipinski definition) is 2. The van der Waals surface area contributed by atoms with Crippen molar-refractivity contribution in [3.05, 3.63) is 81.1 Å². The molecule has 0 aliphatic carbocycles. The van der Waals surface area contributed by atoms with E-state index in [1.165, 1.54) is 28.9 Å². The van der Waals surface area contributed by atoms with Gasteiger partial charge in [0.2, 0.25) is 0 Å². The lowest BCUT2D eigenvalue weighted by Gasteiger charge is -2.07. The van der Waals surface area contributed by atoms with Crippen LogP contribution in [-0.4, -0.2) is 15.7 Å². The van der Waals surface area contributed by atoms with Crippen molar-refractivity contribution in [1.29, 1.82) is 0 Å². The molecule has 0 aliphatic rings. The van der Waals surface area contributed by atoms with Gasteiger partial charge in [0.25, 0.3) is 5.91 Å². The van der Waals surface area contributed by atoms with E-state index in [0.717, 1.165) is 11.6 Å². The van der Waals surface area contributed by atoms with Crippen LogP contribution < -0.4 is 5.32 Å². The van der Waals surface area contributed by atoms with Gasteiger partial charge in [-0.1, -0.05) is 35.3 Å². The van der Waals surface area contributed by atoms with Gasteiger partial charge in [-0.15, -0.1) is 0 Å². The van der Waals surface area contributed by atoms with Gasteiger partial charge in [0.15, 0.2) is 0 Å². The zero-order valence-electron chi connectivity index (χ0n) is 13.6. The second-order valence-electron chi connectivity index (χ2n) is 5.62. The first-order valence-corrected chi connectivity index (χ1v) is 8.34. The molecular formula is C18H13Cl2F2N3O. The van der Waals surface area contributed by atoms with Crippen LogP contribution in [0.3, 0.4) is 0 Å². The highest BCUT2D eigenvalue weighted by atomic mass is 35.5. The molecule has 0 atom stereocenters. The molecule has 0 bridgehead atoms. The molecule has 0 unspecified atom stereocenters. The van der Waals surface area contributed by atoms with Gasteiger partial charge in [-0.2, -0.15) is 5.10 Å². The number of halogens is 4. The number of nitrogens with one attached hydrogen (secondary N) is 1. The fraction of sp³-hybridized carbons (Fsp3) is 0.111. The smallest absolute Gasteiger partial charge is 0.260 e. The monoisotopic (exact) mass is 395 g/mol. The molecule has 0 aliphatic heterocycles. The van der Waals surface area contributed by atoms with Crippen LogP contribution in [-0.2, 0) is 6.54 Å². The third-order valence-electron chi connectivity index (χ3n) is 3.72. The Morgan fingerprint density at radius 3 is 2.50 bits per heavy atom. The lowest BCUT2D eigenvalue weighted by molar-refractivity contribution is 0.102. The highest BCUT2D eigenvalue weighted by Gasteiger charge is 2.21. The molecule has 1 amide bonds. The van der Waals surface area contributed by atoms with Crippen LogP contribution in [0, 0.1) is 18.6 Å². The Bertz CT molecular complexity index is 971. The molecule has 4 nitrogen and oxygen atoms in total. The number of carbonyl (C=O) groups excluding carboxylic acids is 1. The van der Waals surface area contributed by atoms with Crippen molar-refractivity contribution in [2.75, 3.05) is 5.32 Å². The topological polar surface area (TPSA) is 46.9 Å². The summed E-state index contributed by atoms with van der Waals surface area (Å²) in [6.07, 6.45) is 0. The van der Waals surface area contributed by atoms with E-state index in [2.05, 4.69) is 10.4 Å². The van der Waals surface area contributed by atoms with E-state index in [-0.39, 0.29) is 28.1 Å². The van der Waals surface area contributed by atoms with Crippen molar-refractivity contribution in [3.63, 3.8) is 0 Å². The summed E-state index contributed by atoms with van der Waals surface area (Å²) in [5.74, 6) is -1.40. The Morgan fingerprint density at radius 2 is 1.85 bits per heavy atom. The number of benzene rings is 2. The normalized spacial score (nSPS) is 10.8. The summed E-state index contributed by atoms with van der Waals surface area (Å²) in [5.41, 5.74) is 1.76. The van der Waals surface area contributed by atoms with Gasteiger partial charge in [0.05, 0.1) is 22.8 Å². The van der Waals surface area contributed by atoms with Crippen LogP contribution in [0.2, 0.25) is 10.2 Å². The molecule has 1 heterocycles. The first-order valence-electron chi connectivity index (χ1n) is 7.59. The molecule has 0 saturated carbocycles. The molecule has 2 aromatic carbocycles. The van der Waals surface area contributed by atoms with E-state index in [1.54, 1.807) is 19.1 Å². The average Bonchev–Trinajstić information content (AvgIpc) is 2.87. The summed E-state index contributed by atoms with van der Waals surface area (Å²) in [6.45, 7) is 1.94. The summed E-state index contributed by atoms with van der Waals surface area (Å²) in [4.78, 5) is 12.5. The fourth-order valence-electron chi connectivity index (χ4n) is 2.45. The van der Waals surface area contributed by atoms with Crippen LogP contribution in [0.1, 0.15) is 21.6 Å². The lowest BCUT2D eigenvalue weighted by atomic mass is 10.2. The van der Waals surface area contributed by atoms with Crippen LogP contribution in [0.4, 0.5) is 14.5 Å². The molecule has 0 radical (unpaired) electrons. The summed E-state index contributed by atoms with van der Waals surface area (Å²) < 4.78 is 27.7. The molecule has 0 fully saturated rings. The minimum atomic E-state index is -0.578. The van der Waals surface area contributed by atoms with E-state index < -0.39 is 11.7 Å². The SMILES string of the molecule is Cc1nn(Cc2ccc(F)cc2)c(Cl)c1C(=O)Nc1ccc(F)c(Cl)c1. The molecule has 1 N–H and O–H groups in total. The lowest BCUT2D eigenvalue weighted by Crippen LogP contribution is -2.13. The first-order chi connectivity index (χ1) is 12.3. The summed E-state index contributed by atoms with van der Waals surface area (Å²) in [5, 5.41) is 6.93.